The summed E-state index contributed by atoms with van der Waals surface area (Å²) in [7, 11) is 1.70. The molecule has 2 aliphatic heterocycles. The van der Waals surface area contributed by atoms with E-state index < -0.39 is 0 Å². The van der Waals surface area contributed by atoms with E-state index in [4.69, 9.17) is 21.3 Å². The van der Waals surface area contributed by atoms with Crippen molar-refractivity contribution < 1.29 is 4.74 Å². The van der Waals surface area contributed by atoms with Crippen molar-refractivity contribution in [3.63, 3.8) is 0 Å². The number of benzene rings is 2. The number of nitrogens with one attached hydrogen (secondary N) is 3. The molecule has 0 saturated carbocycles. The van der Waals surface area contributed by atoms with E-state index in [-0.39, 0.29) is 0 Å². The Balaban J connectivity index is 1.30. The molecule has 0 bridgehead atoms. The minimum atomic E-state index is 0.456. The van der Waals surface area contributed by atoms with E-state index in [0.29, 0.717) is 22.8 Å². The number of piperazine rings is 1. The standard InChI is InChI=1S/C30H40ClN7O/c1-4-7-22-8-5-6-9-25(22)34-29-24(31)20-33-30(36-29)35-26-18-21(2)27(19-28(26)39-3)38-14-10-23(11-15-38)37-16-12-32-13-17-37/h5-6,8-9,18-20,23,32H,4,7,10-17H2,1-3H3,(H2,33,34,35,36). The number of methoxy groups -OCH3 is 1. The number of piperidine rings is 1. The molecule has 39 heavy (non-hydrogen) atoms. The summed E-state index contributed by atoms with van der Waals surface area (Å²) in [5.74, 6) is 1.79. The number of para-hydroxylation sites is 1. The van der Waals surface area contributed by atoms with Gasteiger partial charge >= 0.3 is 0 Å². The van der Waals surface area contributed by atoms with Gasteiger partial charge in [-0.2, -0.15) is 4.98 Å². The zero-order chi connectivity index (χ0) is 27.2. The van der Waals surface area contributed by atoms with Crippen molar-refractivity contribution in [2.24, 2.45) is 0 Å². The van der Waals surface area contributed by atoms with Crippen molar-refractivity contribution in [2.75, 3.05) is 61.9 Å². The van der Waals surface area contributed by atoms with Crippen LogP contribution in [0.25, 0.3) is 0 Å². The topological polar surface area (TPSA) is 77.6 Å². The lowest BCUT2D eigenvalue weighted by Gasteiger charge is -2.41. The van der Waals surface area contributed by atoms with E-state index >= 15 is 0 Å². The molecule has 0 atom stereocenters. The molecule has 0 amide bonds. The second-order valence-electron chi connectivity index (χ2n) is 10.4. The van der Waals surface area contributed by atoms with Crippen LogP contribution in [0.2, 0.25) is 5.02 Å². The van der Waals surface area contributed by atoms with Crippen molar-refractivity contribution >= 4 is 40.4 Å². The summed E-state index contributed by atoms with van der Waals surface area (Å²) in [4.78, 5) is 14.3. The van der Waals surface area contributed by atoms with Crippen molar-refractivity contribution in [3.05, 3.63) is 58.7 Å². The molecular weight excluding hydrogens is 510 g/mol. The molecular formula is C30H40ClN7O. The normalized spacial score (nSPS) is 16.8. The van der Waals surface area contributed by atoms with Crippen LogP contribution in [0.4, 0.5) is 28.8 Å². The number of anilines is 5. The summed E-state index contributed by atoms with van der Waals surface area (Å²) in [5.41, 5.74) is 5.48. The Kier molecular flexibility index (Phi) is 9.06. The average Bonchev–Trinajstić information content (AvgIpc) is 2.97. The highest BCUT2D eigenvalue weighted by Crippen LogP contribution is 2.36. The van der Waals surface area contributed by atoms with Crippen LogP contribution >= 0.6 is 11.6 Å². The van der Waals surface area contributed by atoms with Gasteiger partial charge in [0.1, 0.15) is 10.8 Å². The molecule has 2 aliphatic rings. The van der Waals surface area contributed by atoms with Crippen LogP contribution in [0, 0.1) is 6.92 Å². The molecule has 8 nitrogen and oxygen atoms in total. The van der Waals surface area contributed by atoms with Crippen LogP contribution in [-0.2, 0) is 6.42 Å². The molecule has 5 rings (SSSR count). The van der Waals surface area contributed by atoms with Crippen LogP contribution in [-0.4, -0.2) is 67.3 Å². The Morgan fingerprint density at radius 3 is 2.56 bits per heavy atom. The predicted molar refractivity (Wildman–Crippen MR) is 161 cm³/mol. The third-order valence-electron chi connectivity index (χ3n) is 7.77. The highest BCUT2D eigenvalue weighted by Gasteiger charge is 2.26. The summed E-state index contributed by atoms with van der Waals surface area (Å²) >= 11 is 6.48. The largest absolute Gasteiger partial charge is 0.494 e. The smallest absolute Gasteiger partial charge is 0.229 e. The SMILES string of the molecule is CCCc1ccccc1Nc1nc(Nc2cc(C)c(N3CCC(N4CCNCC4)CC3)cc2OC)ncc1Cl. The Bertz CT molecular complexity index is 1260. The third kappa shape index (κ3) is 6.57. The van der Waals surface area contributed by atoms with Gasteiger partial charge in [-0.25, -0.2) is 4.98 Å². The van der Waals surface area contributed by atoms with Gasteiger partial charge in [-0.15, -0.1) is 0 Å². The maximum atomic E-state index is 6.48. The van der Waals surface area contributed by atoms with Gasteiger partial charge in [0.15, 0.2) is 5.82 Å². The van der Waals surface area contributed by atoms with Gasteiger partial charge in [-0.1, -0.05) is 43.1 Å². The molecule has 0 aliphatic carbocycles. The van der Waals surface area contributed by atoms with Gasteiger partial charge in [0, 0.05) is 62.8 Å². The second kappa shape index (κ2) is 12.9. The van der Waals surface area contributed by atoms with E-state index in [1.807, 2.05) is 12.1 Å². The Hall–Kier alpha value is -3.07. The van der Waals surface area contributed by atoms with Gasteiger partial charge < -0.3 is 25.6 Å². The molecule has 3 N–H and O–H groups in total. The van der Waals surface area contributed by atoms with Crippen molar-refractivity contribution in [1.82, 2.24) is 20.2 Å². The first-order valence-electron chi connectivity index (χ1n) is 14.1. The van der Waals surface area contributed by atoms with Gasteiger partial charge in [0.05, 0.1) is 19.0 Å². The molecule has 3 aromatic rings. The van der Waals surface area contributed by atoms with Crippen LogP contribution in [0.1, 0.15) is 37.3 Å². The lowest BCUT2D eigenvalue weighted by atomic mass is 10.0. The highest BCUT2D eigenvalue weighted by atomic mass is 35.5. The quantitative estimate of drug-likeness (QED) is 0.311. The molecule has 0 radical (unpaired) electrons. The monoisotopic (exact) mass is 549 g/mol. The molecule has 1 aromatic heterocycles. The predicted octanol–water partition coefficient (Wildman–Crippen LogP) is 5.76. The number of nitrogens with zero attached hydrogens (tertiary/aromatic N) is 4. The Morgan fingerprint density at radius 1 is 1.05 bits per heavy atom. The molecule has 2 aromatic carbocycles. The van der Waals surface area contributed by atoms with Crippen LogP contribution < -0.4 is 25.6 Å². The number of rotatable bonds is 9. The first-order valence-corrected chi connectivity index (χ1v) is 14.5. The summed E-state index contributed by atoms with van der Waals surface area (Å²) in [5, 5.41) is 10.7. The van der Waals surface area contributed by atoms with Crippen LogP contribution in [0.15, 0.2) is 42.6 Å². The highest BCUT2D eigenvalue weighted by molar-refractivity contribution is 6.32. The lowest BCUT2D eigenvalue weighted by Crippen LogP contribution is -2.52. The van der Waals surface area contributed by atoms with E-state index in [1.54, 1.807) is 13.3 Å². The number of hydrogen-bond acceptors (Lipinski definition) is 8. The molecule has 3 heterocycles. The number of aryl methyl sites for hydroxylation is 2. The third-order valence-corrected chi connectivity index (χ3v) is 8.05. The molecule has 0 spiro atoms. The van der Waals surface area contributed by atoms with E-state index in [0.717, 1.165) is 69.2 Å². The summed E-state index contributed by atoms with van der Waals surface area (Å²) in [6.07, 6.45) is 6.05. The van der Waals surface area contributed by atoms with Gasteiger partial charge in [-0.05, 0) is 49.4 Å². The summed E-state index contributed by atoms with van der Waals surface area (Å²) < 4.78 is 5.81. The fraction of sp³-hybridized carbons (Fsp3) is 0.467. The minimum Gasteiger partial charge on any atom is -0.494 e. The Labute approximate surface area is 237 Å². The van der Waals surface area contributed by atoms with Crippen LogP contribution in [0.5, 0.6) is 5.75 Å². The maximum Gasteiger partial charge on any atom is 0.229 e. The first-order chi connectivity index (χ1) is 19.1. The average molecular weight is 550 g/mol. The van der Waals surface area contributed by atoms with Crippen molar-refractivity contribution in [2.45, 2.75) is 45.6 Å². The van der Waals surface area contributed by atoms with Gasteiger partial charge in [0.25, 0.3) is 0 Å². The van der Waals surface area contributed by atoms with E-state index in [1.165, 1.54) is 29.7 Å². The Morgan fingerprint density at radius 2 is 1.82 bits per heavy atom. The van der Waals surface area contributed by atoms with Crippen molar-refractivity contribution in [3.8, 4) is 5.75 Å². The number of halogens is 1. The second-order valence-corrected chi connectivity index (χ2v) is 10.8. The fourth-order valence-electron chi connectivity index (χ4n) is 5.70. The van der Waals surface area contributed by atoms with E-state index in [9.17, 15) is 0 Å². The van der Waals surface area contributed by atoms with E-state index in [2.05, 4.69) is 68.8 Å². The van der Waals surface area contributed by atoms with Crippen molar-refractivity contribution in [1.29, 1.82) is 0 Å². The summed E-state index contributed by atoms with van der Waals surface area (Å²) in [6.45, 7) is 11.0. The molecule has 9 heteroatoms. The number of aromatic nitrogens is 2. The zero-order valence-corrected chi connectivity index (χ0v) is 24.0. The van der Waals surface area contributed by atoms with Gasteiger partial charge in [0.2, 0.25) is 5.95 Å². The first kappa shape index (κ1) is 27.5. The fourth-order valence-corrected chi connectivity index (χ4v) is 5.83. The van der Waals surface area contributed by atoms with Gasteiger partial charge in [-0.3, -0.25) is 4.90 Å². The summed E-state index contributed by atoms with van der Waals surface area (Å²) in [6, 6.07) is 13.2. The minimum absolute atomic E-state index is 0.456. The molecule has 0 unspecified atom stereocenters. The molecule has 2 saturated heterocycles. The maximum absolute atomic E-state index is 6.48. The molecule has 2 fully saturated rings. The number of hydrogen-bond donors (Lipinski definition) is 3. The van der Waals surface area contributed by atoms with Crippen LogP contribution in [0.3, 0.4) is 0 Å². The molecule has 208 valence electrons. The lowest BCUT2D eigenvalue weighted by molar-refractivity contribution is 0.150. The number of ether oxygens (including phenoxy) is 1. The zero-order valence-electron chi connectivity index (χ0n) is 23.3.